The first-order valence-corrected chi connectivity index (χ1v) is 3.84. The van der Waals surface area contributed by atoms with Crippen LogP contribution >= 0.6 is 0 Å². The molecule has 2 rings (SSSR count). The zero-order valence-electron chi connectivity index (χ0n) is 6.60. The number of hydrogen-bond acceptors (Lipinski definition) is 5. The summed E-state index contributed by atoms with van der Waals surface area (Å²) in [5, 5.41) is 1.71. The number of nitrogens with zero attached hydrogens (tertiary/aromatic N) is 3. The Hall–Kier alpha value is -1.36. The molecule has 5 nitrogen and oxygen atoms in total. The zero-order valence-corrected chi connectivity index (χ0v) is 6.60. The normalized spacial score (nSPS) is 16.8. The first-order chi connectivity index (χ1) is 5.88. The predicted molar refractivity (Wildman–Crippen MR) is 44.4 cm³/mol. The molecule has 12 heavy (non-hydrogen) atoms. The smallest absolute Gasteiger partial charge is 0.178 e. The Kier molecular flexibility index (Phi) is 1.79. The number of anilines is 2. The van der Waals surface area contributed by atoms with Gasteiger partial charge in [0, 0.05) is 6.54 Å². The topological polar surface area (TPSA) is 64.3 Å². The second-order valence-corrected chi connectivity index (χ2v) is 2.59. The van der Waals surface area contributed by atoms with Crippen LogP contribution in [0.2, 0.25) is 0 Å². The molecule has 0 unspecified atom stereocenters. The van der Waals surface area contributed by atoms with Gasteiger partial charge in [-0.25, -0.2) is 15.0 Å². The van der Waals surface area contributed by atoms with E-state index in [1.54, 1.807) is 11.3 Å². The number of nitrogens with two attached hydrogens (primary N) is 1. The van der Waals surface area contributed by atoms with Gasteiger partial charge in [0.05, 0.1) is 18.5 Å². The second-order valence-electron chi connectivity index (χ2n) is 2.59. The summed E-state index contributed by atoms with van der Waals surface area (Å²) < 4.78 is 0. The number of hydrogen-bond donors (Lipinski definition) is 1. The summed E-state index contributed by atoms with van der Waals surface area (Å²) in [7, 11) is 0. The van der Waals surface area contributed by atoms with E-state index in [0.717, 1.165) is 19.6 Å². The second kappa shape index (κ2) is 2.94. The van der Waals surface area contributed by atoms with Gasteiger partial charge in [0.1, 0.15) is 6.33 Å². The molecule has 0 amide bonds. The Bertz CT molecular complexity index is 272. The van der Waals surface area contributed by atoms with Crippen LogP contribution in [0.1, 0.15) is 6.42 Å². The van der Waals surface area contributed by atoms with Gasteiger partial charge in [-0.2, -0.15) is 0 Å². The molecule has 0 radical (unpaired) electrons. The molecule has 2 heterocycles. The molecule has 0 aromatic carbocycles. The lowest BCUT2D eigenvalue weighted by atomic mass is 10.4. The SMILES string of the molecule is Nc1cncnc1N1CCCO1. The summed E-state index contributed by atoms with van der Waals surface area (Å²) in [5.41, 5.74) is 6.21. The monoisotopic (exact) mass is 166 g/mol. The molecule has 0 saturated carbocycles. The summed E-state index contributed by atoms with van der Waals surface area (Å²) in [6, 6.07) is 0. The lowest BCUT2D eigenvalue weighted by Gasteiger charge is -2.15. The van der Waals surface area contributed by atoms with E-state index >= 15 is 0 Å². The lowest BCUT2D eigenvalue weighted by Crippen LogP contribution is -2.19. The van der Waals surface area contributed by atoms with Crippen molar-refractivity contribution in [2.24, 2.45) is 0 Å². The van der Waals surface area contributed by atoms with Crippen molar-refractivity contribution in [3.63, 3.8) is 0 Å². The molecular weight excluding hydrogens is 156 g/mol. The molecule has 0 spiro atoms. The van der Waals surface area contributed by atoms with Crippen molar-refractivity contribution in [2.45, 2.75) is 6.42 Å². The number of hydroxylamine groups is 1. The van der Waals surface area contributed by atoms with Crippen molar-refractivity contribution in [1.82, 2.24) is 9.97 Å². The average molecular weight is 166 g/mol. The fourth-order valence-electron chi connectivity index (χ4n) is 1.16. The molecule has 1 aromatic rings. The van der Waals surface area contributed by atoms with Crippen LogP contribution < -0.4 is 10.8 Å². The highest BCUT2D eigenvalue weighted by Gasteiger charge is 2.16. The molecule has 1 aromatic heterocycles. The van der Waals surface area contributed by atoms with Crippen LogP contribution in [0.15, 0.2) is 12.5 Å². The molecule has 1 saturated heterocycles. The largest absolute Gasteiger partial charge is 0.394 e. The van der Waals surface area contributed by atoms with E-state index in [1.165, 1.54) is 6.33 Å². The minimum Gasteiger partial charge on any atom is -0.394 e. The van der Waals surface area contributed by atoms with E-state index < -0.39 is 0 Å². The van der Waals surface area contributed by atoms with Crippen LogP contribution in [-0.2, 0) is 4.84 Å². The molecule has 0 aliphatic carbocycles. The fraction of sp³-hybridized carbons (Fsp3) is 0.429. The van der Waals surface area contributed by atoms with Crippen molar-refractivity contribution in [3.8, 4) is 0 Å². The molecule has 64 valence electrons. The van der Waals surface area contributed by atoms with Gasteiger partial charge in [0.2, 0.25) is 0 Å². The van der Waals surface area contributed by atoms with E-state index in [0.29, 0.717) is 11.5 Å². The Balaban J connectivity index is 2.26. The van der Waals surface area contributed by atoms with Gasteiger partial charge in [0.25, 0.3) is 0 Å². The third kappa shape index (κ3) is 1.18. The molecular formula is C7H10N4O. The van der Waals surface area contributed by atoms with Crippen molar-refractivity contribution < 1.29 is 4.84 Å². The van der Waals surface area contributed by atoms with Crippen LogP contribution in [0.4, 0.5) is 11.5 Å². The van der Waals surface area contributed by atoms with Crippen molar-refractivity contribution in [3.05, 3.63) is 12.5 Å². The minimum absolute atomic E-state index is 0.555. The molecule has 0 atom stereocenters. The van der Waals surface area contributed by atoms with Crippen LogP contribution in [0.5, 0.6) is 0 Å². The fourth-order valence-corrected chi connectivity index (χ4v) is 1.16. The summed E-state index contributed by atoms with van der Waals surface area (Å²) >= 11 is 0. The Morgan fingerprint density at radius 1 is 1.58 bits per heavy atom. The van der Waals surface area contributed by atoms with E-state index in [9.17, 15) is 0 Å². The third-order valence-electron chi connectivity index (χ3n) is 1.71. The summed E-state index contributed by atoms with van der Waals surface area (Å²) in [4.78, 5) is 13.1. The standard InChI is InChI=1S/C7H10N4O/c8-6-4-9-5-10-7(6)11-2-1-3-12-11/h4-5H,1-3,8H2. The summed E-state index contributed by atoms with van der Waals surface area (Å²) in [5.74, 6) is 0.669. The van der Waals surface area contributed by atoms with Gasteiger partial charge >= 0.3 is 0 Å². The van der Waals surface area contributed by atoms with E-state index in [2.05, 4.69) is 9.97 Å². The predicted octanol–water partition coefficient (Wildman–Crippen LogP) is 0.201. The number of nitrogen functional groups attached to an aromatic ring is 1. The van der Waals surface area contributed by atoms with Crippen LogP contribution in [0.3, 0.4) is 0 Å². The molecule has 0 bridgehead atoms. The van der Waals surface area contributed by atoms with Crippen LogP contribution in [-0.4, -0.2) is 23.1 Å². The lowest BCUT2D eigenvalue weighted by molar-refractivity contribution is 0.166. The Labute approximate surface area is 70.1 Å². The van der Waals surface area contributed by atoms with E-state index in [1.807, 2.05) is 0 Å². The average Bonchev–Trinajstić information content (AvgIpc) is 2.57. The molecule has 1 fully saturated rings. The molecule has 1 aliphatic heterocycles. The maximum Gasteiger partial charge on any atom is 0.178 e. The third-order valence-corrected chi connectivity index (χ3v) is 1.71. The van der Waals surface area contributed by atoms with Gasteiger partial charge in [-0.05, 0) is 6.42 Å². The van der Waals surface area contributed by atoms with Crippen LogP contribution in [0.25, 0.3) is 0 Å². The maximum atomic E-state index is 5.65. The van der Waals surface area contributed by atoms with Gasteiger partial charge in [0.15, 0.2) is 5.82 Å². The van der Waals surface area contributed by atoms with Crippen molar-refractivity contribution in [1.29, 1.82) is 0 Å². The highest BCUT2D eigenvalue weighted by Crippen LogP contribution is 2.21. The Morgan fingerprint density at radius 3 is 3.17 bits per heavy atom. The maximum absolute atomic E-state index is 5.65. The summed E-state index contributed by atoms with van der Waals surface area (Å²) in [6.07, 6.45) is 4.06. The first kappa shape index (κ1) is 7.30. The number of aromatic nitrogens is 2. The van der Waals surface area contributed by atoms with Crippen molar-refractivity contribution in [2.75, 3.05) is 23.9 Å². The molecule has 1 aliphatic rings. The van der Waals surface area contributed by atoms with Crippen molar-refractivity contribution >= 4 is 11.5 Å². The molecule has 2 N–H and O–H groups in total. The van der Waals surface area contributed by atoms with Gasteiger partial charge in [-0.1, -0.05) is 0 Å². The Morgan fingerprint density at radius 2 is 2.50 bits per heavy atom. The van der Waals surface area contributed by atoms with Gasteiger partial charge < -0.3 is 5.73 Å². The zero-order chi connectivity index (χ0) is 8.39. The first-order valence-electron chi connectivity index (χ1n) is 3.84. The minimum atomic E-state index is 0.555. The van der Waals surface area contributed by atoms with Gasteiger partial charge in [-0.3, -0.25) is 4.84 Å². The highest BCUT2D eigenvalue weighted by molar-refractivity contribution is 5.59. The van der Waals surface area contributed by atoms with Crippen LogP contribution in [0, 0.1) is 0 Å². The number of rotatable bonds is 1. The molecule has 5 heteroatoms. The highest BCUT2D eigenvalue weighted by atomic mass is 16.7. The van der Waals surface area contributed by atoms with E-state index in [4.69, 9.17) is 10.6 Å². The quantitative estimate of drug-likeness (QED) is 0.645. The summed E-state index contributed by atoms with van der Waals surface area (Å²) in [6.45, 7) is 1.59. The van der Waals surface area contributed by atoms with E-state index in [-0.39, 0.29) is 0 Å². The van der Waals surface area contributed by atoms with Gasteiger partial charge in [-0.15, -0.1) is 0 Å².